The molecule has 0 unspecified atom stereocenters. The molecule has 0 fully saturated rings. The Morgan fingerprint density at radius 2 is 1.67 bits per heavy atom. The third kappa shape index (κ3) is 5.51. The van der Waals surface area contributed by atoms with Crippen molar-refractivity contribution in [3.8, 4) is 17.9 Å². The molecule has 0 aromatic heterocycles. The summed E-state index contributed by atoms with van der Waals surface area (Å²) in [5.74, 6) is -0.0776. The first-order valence-electron chi connectivity index (χ1n) is 6.18. The fourth-order valence-corrected chi connectivity index (χ4v) is 2.08. The number of nitriles is 2. The number of para-hydroxylation sites is 1. The van der Waals surface area contributed by atoms with Crippen molar-refractivity contribution in [1.82, 2.24) is 4.90 Å². The SMILES string of the molecule is N#CCCN(CCC#N)C(=O)COc1c(Cl)cccc1Cl. The van der Waals surface area contributed by atoms with Crippen LogP contribution in [0.5, 0.6) is 5.75 Å². The Kier molecular flexibility index (Phi) is 7.39. The Labute approximate surface area is 133 Å². The summed E-state index contributed by atoms with van der Waals surface area (Å²) in [6.07, 6.45) is 0.397. The maximum Gasteiger partial charge on any atom is 0.260 e. The Hall–Kier alpha value is -1.95. The molecule has 0 aliphatic rings. The van der Waals surface area contributed by atoms with Crippen molar-refractivity contribution in [1.29, 1.82) is 10.5 Å². The first-order chi connectivity index (χ1) is 10.1. The number of amides is 1. The van der Waals surface area contributed by atoms with Crippen LogP contribution in [-0.4, -0.2) is 30.5 Å². The molecule has 5 nitrogen and oxygen atoms in total. The van der Waals surface area contributed by atoms with Crippen molar-refractivity contribution in [3.63, 3.8) is 0 Å². The lowest BCUT2D eigenvalue weighted by Gasteiger charge is -2.20. The molecule has 1 amide bonds. The Balaban J connectivity index is 2.65. The lowest BCUT2D eigenvalue weighted by molar-refractivity contribution is -0.133. The summed E-state index contributed by atoms with van der Waals surface area (Å²) < 4.78 is 5.35. The van der Waals surface area contributed by atoms with Crippen molar-refractivity contribution >= 4 is 29.1 Å². The van der Waals surface area contributed by atoms with Crippen molar-refractivity contribution < 1.29 is 9.53 Å². The van der Waals surface area contributed by atoms with E-state index in [-0.39, 0.29) is 44.2 Å². The predicted octanol–water partition coefficient (Wildman–Crippen LogP) is 3.03. The van der Waals surface area contributed by atoms with Gasteiger partial charge in [-0.2, -0.15) is 10.5 Å². The topological polar surface area (TPSA) is 77.1 Å². The van der Waals surface area contributed by atoms with Gasteiger partial charge >= 0.3 is 0 Å². The molecular formula is C14H13Cl2N3O2. The number of benzene rings is 1. The van der Waals surface area contributed by atoms with E-state index in [0.29, 0.717) is 10.0 Å². The molecule has 1 rings (SSSR count). The molecule has 0 N–H and O–H groups in total. The van der Waals surface area contributed by atoms with Gasteiger partial charge in [0.2, 0.25) is 0 Å². The Morgan fingerprint density at radius 3 is 2.14 bits per heavy atom. The van der Waals surface area contributed by atoms with Gasteiger partial charge in [0.25, 0.3) is 5.91 Å². The van der Waals surface area contributed by atoms with Crippen LogP contribution >= 0.6 is 23.2 Å². The summed E-state index contributed by atoms with van der Waals surface area (Å²) in [6, 6.07) is 8.81. The normalized spacial score (nSPS) is 9.52. The van der Waals surface area contributed by atoms with Gasteiger partial charge in [-0.1, -0.05) is 29.3 Å². The van der Waals surface area contributed by atoms with Gasteiger partial charge in [0.1, 0.15) is 0 Å². The number of nitrogens with zero attached hydrogens (tertiary/aromatic N) is 3. The lowest BCUT2D eigenvalue weighted by atomic mass is 10.3. The summed E-state index contributed by atoms with van der Waals surface area (Å²) in [5, 5.41) is 17.8. The second-order valence-electron chi connectivity index (χ2n) is 4.04. The Morgan fingerprint density at radius 1 is 1.14 bits per heavy atom. The maximum absolute atomic E-state index is 12.0. The summed E-state index contributed by atoms with van der Waals surface area (Å²) in [4.78, 5) is 13.5. The molecule has 0 spiro atoms. The average molecular weight is 326 g/mol. The van der Waals surface area contributed by atoms with E-state index in [1.54, 1.807) is 18.2 Å². The molecule has 0 aliphatic heterocycles. The summed E-state index contributed by atoms with van der Waals surface area (Å²) in [5.41, 5.74) is 0. The van der Waals surface area contributed by atoms with E-state index in [0.717, 1.165) is 0 Å². The predicted molar refractivity (Wildman–Crippen MR) is 79.0 cm³/mol. The summed E-state index contributed by atoms with van der Waals surface area (Å²) in [7, 11) is 0. The van der Waals surface area contributed by atoms with E-state index in [1.165, 1.54) is 4.90 Å². The van der Waals surface area contributed by atoms with Gasteiger partial charge in [-0.3, -0.25) is 4.79 Å². The number of rotatable bonds is 7. The molecule has 0 radical (unpaired) electrons. The van der Waals surface area contributed by atoms with Crippen LogP contribution in [0.15, 0.2) is 18.2 Å². The van der Waals surface area contributed by atoms with Crippen LogP contribution in [0, 0.1) is 22.7 Å². The molecule has 1 aromatic rings. The molecule has 21 heavy (non-hydrogen) atoms. The second kappa shape index (κ2) is 9.07. The molecule has 0 saturated carbocycles. The maximum atomic E-state index is 12.0. The van der Waals surface area contributed by atoms with Gasteiger partial charge in [0.15, 0.2) is 12.4 Å². The van der Waals surface area contributed by atoms with E-state index in [9.17, 15) is 4.79 Å². The number of hydrogen-bond acceptors (Lipinski definition) is 4. The first kappa shape index (κ1) is 17.1. The molecular weight excluding hydrogens is 313 g/mol. The van der Waals surface area contributed by atoms with E-state index in [2.05, 4.69) is 0 Å². The molecule has 0 heterocycles. The molecule has 0 aliphatic carbocycles. The minimum absolute atomic E-state index is 0.198. The highest BCUT2D eigenvalue weighted by atomic mass is 35.5. The van der Waals surface area contributed by atoms with Crippen LogP contribution in [0.1, 0.15) is 12.8 Å². The van der Waals surface area contributed by atoms with Gasteiger partial charge in [0.05, 0.1) is 35.0 Å². The Bertz CT molecular complexity index is 540. The molecule has 0 saturated heterocycles. The third-order valence-corrected chi connectivity index (χ3v) is 3.19. The van der Waals surface area contributed by atoms with Crippen molar-refractivity contribution in [2.75, 3.05) is 19.7 Å². The monoisotopic (exact) mass is 325 g/mol. The quantitative estimate of drug-likeness (QED) is 0.772. The zero-order valence-corrected chi connectivity index (χ0v) is 12.7. The summed E-state index contributed by atoms with van der Waals surface area (Å²) in [6.45, 7) is 0.271. The van der Waals surface area contributed by atoms with E-state index < -0.39 is 0 Å². The van der Waals surface area contributed by atoms with E-state index >= 15 is 0 Å². The number of carbonyl (C=O) groups excluding carboxylic acids is 1. The van der Waals surface area contributed by atoms with Crippen LogP contribution in [0.25, 0.3) is 0 Å². The van der Waals surface area contributed by atoms with Gasteiger partial charge in [-0.05, 0) is 12.1 Å². The smallest absolute Gasteiger partial charge is 0.260 e. The van der Waals surface area contributed by atoms with Crippen molar-refractivity contribution in [2.24, 2.45) is 0 Å². The molecule has 0 atom stereocenters. The van der Waals surface area contributed by atoms with Gasteiger partial charge in [-0.25, -0.2) is 0 Å². The molecule has 110 valence electrons. The van der Waals surface area contributed by atoms with Gasteiger partial charge in [-0.15, -0.1) is 0 Å². The number of halogens is 2. The third-order valence-electron chi connectivity index (χ3n) is 2.60. The highest BCUT2D eigenvalue weighted by Crippen LogP contribution is 2.32. The van der Waals surface area contributed by atoms with E-state index in [1.807, 2.05) is 12.1 Å². The number of carbonyl (C=O) groups is 1. The highest BCUT2D eigenvalue weighted by molar-refractivity contribution is 6.37. The zero-order valence-electron chi connectivity index (χ0n) is 11.2. The lowest BCUT2D eigenvalue weighted by Crippen LogP contribution is -2.36. The first-order valence-corrected chi connectivity index (χ1v) is 6.94. The summed E-state index contributed by atoms with van der Waals surface area (Å²) >= 11 is 11.9. The van der Waals surface area contributed by atoms with Gasteiger partial charge in [0, 0.05) is 13.1 Å². The average Bonchev–Trinajstić information content (AvgIpc) is 2.46. The standard InChI is InChI=1S/C14H13Cl2N3O2/c15-11-4-1-5-12(16)14(11)21-10-13(20)19(8-2-6-17)9-3-7-18/h1,4-5H,2-3,8-10H2. The van der Waals surface area contributed by atoms with Crippen molar-refractivity contribution in [2.45, 2.75) is 12.8 Å². The largest absolute Gasteiger partial charge is 0.481 e. The van der Waals surface area contributed by atoms with Crippen LogP contribution < -0.4 is 4.74 Å². The zero-order chi connectivity index (χ0) is 15.7. The van der Waals surface area contributed by atoms with Crippen LogP contribution in [0.2, 0.25) is 10.0 Å². The van der Waals surface area contributed by atoms with Crippen LogP contribution in [0.3, 0.4) is 0 Å². The highest BCUT2D eigenvalue weighted by Gasteiger charge is 2.15. The van der Waals surface area contributed by atoms with Crippen molar-refractivity contribution in [3.05, 3.63) is 28.2 Å². The fraction of sp³-hybridized carbons (Fsp3) is 0.357. The number of hydrogen-bond donors (Lipinski definition) is 0. The fourth-order valence-electron chi connectivity index (χ4n) is 1.58. The van der Waals surface area contributed by atoms with Crippen LogP contribution in [0.4, 0.5) is 0 Å². The molecule has 7 heteroatoms. The van der Waals surface area contributed by atoms with E-state index in [4.69, 9.17) is 38.5 Å². The second-order valence-corrected chi connectivity index (χ2v) is 4.85. The minimum Gasteiger partial charge on any atom is -0.481 e. The van der Waals surface area contributed by atoms with Crippen LogP contribution in [-0.2, 0) is 4.79 Å². The molecule has 0 bridgehead atoms. The number of ether oxygens (including phenoxy) is 1. The van der Waals surface area contributed by atoms with Gasteiger partial charge < -0.3 is 9.64 Å². The molecule has 1 aromatic carbocycles. The minimum atomic E-state index is -0.323.